The molecule has 154 valence electrons. The molecule has 0 bridgehead atoms. The highest BCUT2D eigenvalue weighted by molar-refractivity contribution is 7.99. The molecule has 29 heavy (non-hydrogen) atoms. The zero-order valence-electron chi connectivity index (χ0n) is 16.2. The minimum atomic E-state index is -0.446. The van der Waals surface area contributed by atoms with E-state index < -0.39 is 4.92 Å². The summed E-state index contributed by atoms with van der Waals surface area (Å²) in [6, 6.07) is 9.73. The summed E-state index contributed by atoms with van der Waals surface area (Å²) in [5.41, 5.74) is 3.90. The highest BCUT2D eigenvalue weighted by Gasteiger charge is 2.12. The summed E-state index contributed by atoms with van der Waals surface area (Å²) in [7, 11) is 4.54. The molecule has 2 rings (SSSR count). The molecule has 2 aromatic rings. The first-order chi connectivity index (χ1) is 14.0. The van der Waals surface area contributed by atoms with Crippen LogP contribution in [-0.2, 0) is 10.5 Å². The Morgan fingerprint density at radius 2 is 1.86 bits per heavy atom. The Labute approximate surface area is 172 Å². The van der Waals surface area contributed by atoms with Crippen LogP contribution in [-0.4, -0.2) is 44.1 Å². The van der Waals surface area contributed by atoms with Gasteiger partial charge in [-0.25, -0.2) is 5.43 Å². The number of thioether (sulfide) groups is 1. The lowest BCUT2D eigenvalue weighted by Crippen LogP contribution is -2.19. The van der Waals surface area contributed by atoms with Crippen molar-refractivity contribution in [3.05, 3.63) is 57.6 Å². The standard InChI is InChI=1S/C19H21N3O6S/c1-26-16-8-14(9-17(27-2)19(16)28-3)10-20-21-18(23)12-29-11-13-5-4-6-15(7-13)22(24)25/h4-10H,11-12H2,1-3H3,(H,21,23)/b20-10-. The topological polar surface area (TPSA) is 112 Å². The molecule has 0 aliphatic heterocycles. The molecule has 0 aromatic heterocycles. The third-order valence-electron chi connectivity index (χ3n) is 3.71. The number of hydrogen-bond acceptors (Lipinski definition) is 8. The Morgan fingerprint density at radius 3 is 2.45 bits per heavy atom. The van der Waals surface area contributed by atoms with Gasteiger partial charge in [0, 0.05) is 23.4 Å². The third kappa shape index (κ3) is 6.39. The van der Waals surface area contributed by atoms with Gasteiger partial charge < -0.3 is 14.2 Å². The lowest BCUT2D eigenvalue weighted by atomic mass is 10.2. The van der Waals surface area contributed by atoms with Gasteiger partial charge in [0.15, 0.2) is 11.5 Å². The SMILES string of the molecule is COc1cc(/C=N\NC(=O)CSCc2cccc([N+](=O)[O-])c2)cc(OC)c1OC. The van der Waals surface area contributed by atoms with Gasteiger partial charge in [0.25, 0.3) is 5.69 Å². The number of nitro groups is 1. The number of carbonyl (C=O) groups is 1. The molecular weight excluding hydrogens is 398 g/mol. The van der Waals surface area contributed by atoms with Crippen molar-refractivity contribution >= 4 is 29.6 Å². The van der Waals surface area contributed by atoms with Gasteiger partial charge in [-0.2, -0.15) is 5.10 Å². The maximum absolute atomic E-state index is 11.9. The molecular formula is C19H21N3O6S. The molecule has 0 aliphatic rings. The largest absolute Gasteiger partial charge is 0.493 e. The van der Waals surface area contributed by atoms with E-state index in [2.05, 4.69) is 10.5 Å². The first-order valence-electron chi connectivity index (χ1n) is 8.41. The summed E-state index contributed by atoms with van der Waals surface area (Å²) in [5, 5.41) is 14.7. The van der Waals surface area contributed by atoms with Crippen LogP contribution < -0.4 is 19.6 Å². The number of hydrazone groups is 1. The Kier molecular flexibility index (Phi) is 8.28. The molecule has 2 aromatic carbocycles. The van der Waals surface area contributed by atoms with E-state index in [9.17, 15) is 14.9 Å². The number of methoxy groups -OCH3 is 3. The van der Waals surface area contributed by atoms with Crippen LogP contribution in [0.25, 0.3) is 0 Å². The van der Waals surface area contributed by atoms with E-state index in [1.165, 1.54) is 51.4 Å². The molecule has 10 heteroatoms. The van der Waals surface area contributed by atoms with E-state index >= 15 is 0 Å². The number of hydrogen-bond donors (Lipinski definition) is 1. The molecule has 1 amide bonds. The second-order valence-corrected chi connectivity index (χ2v) is 6.66. The number of nitrogens with one attached hydrogen (secondary N) is 1. The monoisotopic (exact) mass is 419 g/mol. The van der Waals surface area contributed by atoms with E-state index in [4.69, 9.17) is 14.2 Å². The van der Waals surface area contributed by atoms with Crippen molar-refractivity contribution < 1.29 is 23.9 Å². The summed E-state index contributed by atoms with van der Waals surface area (Å²) in [4.78, 5) is 22.3. The smallest absolute Gasteiger partial charge is 0.269 e. The number of benzene rings is 2. The summed E-state index contributed by atoms with van der Waals surface area (Å²) in [5.74, 6) is 1.78. The number of nitrogens with zero attached hydrogens (tertiary/aromatic N) is 2. The van der Waals surface area contributed by atoms with Gasteiger partial charge in [-0.15, -0.1) is 11.8 Å². The molecule has 0 aliphatic carbocycles. The lowest BCUT2D eigenvalue weighted by molar-refractivity contribution is -0.384. The molecule has 0 radical (unpaired) electrons. The van der Waals surface area contributed by atoms with Gasteiger partial charge in [0.2, 0.25) is 11.7 Å². The molecule has 0 saturated carbocycles. The first-order valence-corrected chi connectivity index (χ1v) is 9.57. The van der Waals surface area contributed by atoms with Crippen LogP contribution in [0.3, 0.4) is 0 Å². The predicted octanol–water partition coefficient (Wildman–Crippen LogP) is 3.00. The fourth-order valence-electron chi connectivity index (χ4n) is 2.41. The first kappa shape index (κ1) is 22.0. The highest BCUT2D eigenvalue weighted by Crippen LogP contribution is 2.37. The maximum atomic E-state index is 11.9. The third-order valence-corrected chi connectivity index (χ3v) is 4.72. The molecule has 0 atom stereocenters. The van der Waals surface area contributed by atoms with Crippen LogP contribution in [0.4, 0.5) is 5.69 Å². The Hall–Kier alpha value is -3.27. The Bertz CT molecular complexity index is 878. The van der Waals surface area contributed by atoms with Crippen LogP contribution in [0.5, 0.6) is 17.2 Å². The quantitative estimate of drug-likeness (QED) is 0.358. The van der Waals surface area contributed by atoms with Crippen molar-refractivity contribution in [1.82, 2.24) is 5.43 Å². The minimum Gasteiger partial charge on any atom is -0.493 e. The molecule has 1 N–H and O–H groups in total. The van der Waals surface area contributed by atoms with Gasteiger partial charge in [-0.3, -0.25) is 14.9 Å². The van der Waals surface area contributed by atoms with E-state index in [0.717, 1.165) is 5.56 Å². The molecule has 0 unspecified atom stereocenters. The Balaban J connectivity index is 1.88. The zero-order valence-corrected chi connectivity index (χ0v) is 17.0. The average molecular weight is 419 g/mol. The van der Waals surface area contributed by atoms with E-state index in [0.29, 0.717) is 28.6 Å². The summed E-state index contributed by atoms with van der Waals surface area (Å²) in [6.07, 6.45) is 1.47. The van der Waals surface area contributed by atoms with Crippen molar-refractivity contribution in [3.63, 3.8) is 0 Å². The molecule has 0 spiro atoms. The zero-order chi connectivity index (χ0) is 21.2. The number of carbonyl (C=O) groups excluding carboxylic acids is 1. The summed E-state index contributed by atoms with van der Waals surface area (Å²) >= 11 is 1.33. The van der Waals surface area contributed by atoms with Crippen molar-refractivity contribution in [2.45, 2.75) is 5.75 Å². The number of non-ortho nitro benzene ring substituents is 1. The highest BCUT2D eigenvalue weighted by atomic mass is 32.2. The fraction of sp³-hybridized carbons (Fsp3) is 0.263. The summed E-state index contributed by atoms with van der Waals surface area (Å²) in [6.45, 7) is 0. The molecule has 0 fully saturated rings. The van der Waals surface area contributed by atoms with Crippen LogP contribution in [0.2, 0.25) is 0 Å². The van der Waals surface area contributed by atoms with Crippen LogP contribution in [0.1, 0.15) is 11.1 Å². The van der Waals surface area contributed by atoms with Crippen LogP contribution in [0, 0.1) is 10.1 Å². The van der Waals surface area contributed by atoms with Crippen molar-refractivity contribution in [1.29, 1.82) is 0 Å². The number of amides is 1. The van der Waals surface area contributed by atoms with E-state index in [1.54, 1.807) is 24.3 Å². The normalized spacial score (nSPS) is 10.6. The number of ether oxygens (including phenoxy) is 3. The molecule has 9 nitrogen and oxygen atoms in total. The predicted molar refractivity (Wildman–Crippen MR) is 111 cm³/mol. The van der Waals surface area contributed by atoms with Crippen molar-refractivity contribution in [2.24, 2.45) is 5.10 Å². The van der Waals surface area contributed by atoms with Crippen LogP contribution in [0.15, 0.2) is 41.5 Å². The number of nitro benzene ring substituents is 1. The summed E-state index contributed by atoms with van der Waals surface area (Å²) < 4.78 is 15.8. The van der Waals surface area contributed by atoms with Gasteiger partial charge >= 0.3 is 0 Å². The second kappa shape index (κ2) is 10.9. The second-order valence-electron chi connectivity index (χ2n) is 5.67. The van der Waals surface area contributed by atoms with Crippen molar-refractivity contribution in [3.8, 4) is 17.2 Å². The van der Waals surface area contributed by atoms with E-state index in [1.807, 2.05) is 0 Å². The average Bonchev–Trinajstić information content (AvgIpc) is 2.73. The van der Waals surface area contributed by atoms with E-state index in [-0.39, 0.29) is 17.3 Å². The van der Waals surface area contributed by atoms with Crippen molar-refractivity contribution in [2.75, 3.05) is 27.1 Å². The van der Waals surface area contributed by atoms with Gasteiger partial charge in [0.05, 0.1) is 38.2 Å². The number of rotatable bonds is 10. The van der Waals surface area contributed by atoms with Gasteiger partial charge in [-0.1, -0.05) is 12.1 Å². The molecule has 0 heterocycles. The molecule has 0 saturated heterocycles. The van der Waals surface area contributed by atoms with Gasteiger partial charge in [-0.05, 0) is 17.7 Å². The van der Waals surface area contributed by atoms with Gasteiger partial charge in [0.1, 0.15) is 0 Å². The lowest BCUT2D eigenvalue weighted by Gasteiger charge is -2.12. The minimum absolute atomic E-state index is 0.0301. The van der Waals surface area contributed by atoms with Crippen LogP contribution >= 0.6 is 11.8 Å². The Morgan fingerprint density at radius 1 is 1.17 bits per heavy atom. The maximum Gasteiger partial charge on any atom is 0.269 e. The fourth-order valence-corrected chi connectivity index (χ4v) is 3.18.